The van der Waals surface area contributed by atoms with Gasteiger partial charge in [0.2, 0.25) is 0 Å². The Bertz CT molecular complexity index is 1400. The smallest absolute Gasteiger partial charge is 0.335 e. The van der Waals surface area contributed by atoms with Gasteiger partial charge in [-0.15, -0.1) is 0 Å². The summed E-state index contributed by atoms with van der Waals surface area (Å²) in [5.41, 5.74) is 1.36. The summed E-state index contributed by atoms with van der Waals surface area (Å²) in [5, 5.41) is 3.22. The molecule has 10 heteroatoms. The number of urea groups is 1. The molecular weight excluding hydrogens is 531 g/mol. The summed E-state index contributed by atoms with van der Waals surface area (Å²) in [7, 11) is 0. The van der Waals surface area contributed by atoms with E-state index in [0.29, 0.717) is 46.1 Å². The molecule has 0 radical (unpaired) electrons. The van der Waals surface area contributed by atoms with E-state index in [9.17, 15) is 14.4 Å². The van der Waals surface area contributed by atoms with Crippen molar-refractivity contribution < 1.29 is 28.6 Å². The van der Waals surface area contributed by atoms with Crippen LogP contribution in [0.3, 0.4) is 0 Å². The number of anilines is 1. The summed E-state index contributed by atoms with van der Waals surface area (Å²) in [5.74, 6) is -0.0199. The van der Waals surface area contributed by atoms with Crippen LogP contribution in [0.1, 0.15) is 25.0 Å². The highest BCUT2D eigenvalue weighted by Crippen LogP contribution is 2.31. The number of ether oxygens (including phenoxy) is 3. The second kappa shape index (κ2) is 12.0. The fraction of sp³-hybridized carbons (Fsp3) is 0.179. The SMILES string of the molecule is CCOc1ccc(/C=C2\C(=O)NC(=O)N(c3ccc(OCc4ccc(Cl)cc4Cl)cc3)C2=O)cc1OCC. The molecule has 1 heterocycles. The fourth-order valence-electron chi connectivity index (χ4n) is 3.71. The van der Waals surface area contributed by atoms with Gasteiger partial charge in [0.1, 0.15) is 17.9 Å². The molecule has 4 rings (SSSR count). The lowest BCUT2D eigenvalue weighted by Crippen LogP contribution is -2.54. The number of carbonyl (C=O) groups excluding carboxylic acids is 3. The van der Waals surface area contributed by atoms with Crippen molar-refractivity contribution in [3.63, 3.8) is 0 Å². The molecule has 1 saturated heterocycles. The second-order valence-electron chi connectivity index (χ2n) is 8.05. The van der Waals surface area contributed by atoms with E-state index in [1.165, 1.54) is 6.08 Å². The van der Waals surface area contributed by atoms with E-state index >= 15 is 0 Å². The van der Waals surface area contributed by atoms with Crippen LogP contribution in [0.4, 0.5) is 10.5 Å². The molecule has 0 aromatic heterocycles. The molecule has 0 saturated carbocycles. The van der Waals surface area contributed by atoms with Crippen LogP contribution in [0, 0.1) is 0 Å². The Kier molecular flexibility index (Phi) is 8.55. The van der Waals surface area contributed by atoms with Crippen molar-refractivity contribution in [3.05, 3.63) is 87.4 Å². The minimum Gasteiger partial charge on any atom is -0.490 e. The second-order valence-corrected chi connectivity index (χ2v) is 8.89. The minimum atomic E-state index is -0.847. The molecule has 3 aromatic rings. The van der Waals surface area contributed by atoms with Crippen LogP contribution in [0.5, 0.6) is 17.2 Å². The Morgan fingerprint density at radius 1 is 0.842 bits per heavy atom. The third-order valence-corrected chi connectivity index (χ3v) is 6.07. The van der Waals surface area contributed by atoms with Crippen molar-refractivity contribution in [3.8, 4) is 17.2 Å². The Morgan fingerprint density at radius 2 is 1.55 bits per heavy atom. The van der Waals surface area contributed by atoms with Gasteiger partial charge >= 0.3 is 6.03 Å². The number of hydrogen-bond acceptors (Lipinski definition) is 6. The van der Waals surface area contributed by atoms with Crippen molar-refractivity contribution in [2.75, 3.05) is 18.1 Å². The summed E-state index contributed by atoms with van der Waals surface area (Å²) in [6, 6.07) is 15.6. The van der Waals surface area contributed by atoms with E-state index in [-0.39, 0.29) is 17.9 Å². The first-order chi connectivity index (χ1) is 18.3. The maximum Gasteiger partial charge on any atom is 0.335 e. The van der Waals surface area contributed by atoms with Crippen molar-refractivity contribution in [1.29, 1.82) is 0 Å². The highest BCUT2D eigenvalue weighted by atomic mass is 35.5. The fourth-order valence-corrected chi connectivity index (χ4v) is 4.17. The van der Waals surface area contributed by atoms with Crippen LogP contribution in [0.15, 0.2) is 66.2 Å². The number of halogens is 2. The molecule has 38 heavy (non-hydrogen) atoms. The highest BCUT2D eigenvalue weighted by Gasteiger charge is 2.36. The molecule has 0 aliphatic carbocycles. The first-order valence-corrected chi connectivity index (χ1v) is 12.5. The van der Waals surface area contributed by atoms with Gasteiger partial charge in [-0.2, -0.15) is 0 Å². The maximum absolute atomic E-state index is 13.3. The van der Waals surface area contributed by atoms with E-state index in [1.54, 1.807) is 60.7 Å². The largest absolute Gasteiger partial charge is 0.490 e. The van der Waals surface area contributed by atoms with Crippen LogP contribution in [0.2, 0.25) is 10.0 Å². The molecule has 0 atom stereocenters. The Morgan fingerprint density at radius 3 is 2.24 bits per heavy atom. The van der Waals surface area contributed by atoms with E-state index in [4.69, 9.17) is 37.4 Å². The predicted octanol–water partition coefficient (Wildman–Crippen LogP) is 6.04. The van der Waals surface area contributed by atoms with Crippen LogP contribution >= 0.6 is 23.2 Å². The van der Waals surface area contributed by atoms with Crippen LogP contribution in [-0.4, -0.2) is 31.1 Å². The molecule has 196 valence electrons. The van der Waals surface area contributed by atoms with E-state index in [0.717, 1.165) is 10.5 Å². The Hall–Kier alpha value is -4.01. The topological polar surface area (TPSA) is 94.2 Å². The minimum absolute atomic E-state index is 0.200. The van der Waals surface area contributed by atoms with Crippen molar-refractivity contribution in [1.82, 2.24) is 5.32 Å². The standard InChI is InChI=1S/C28H24Cl2N2O6/c1-3-36-24-12-5-17(14-25(24)37-4-2)13-22-26(33)31-28(35)32(27(22)34)20-8-10-21(11-9-20)38-16-18-6-7-19(29)15-23(18)30/h5-15H,3-4,16H2,1-2H3,(H,31,33,35)/b22-13+. The van der Waals surface area contributed by atoms with Gasteiger partial charge in [0.05, 0.1) is 18.9 Å². The summed E-state index contributed by atoms with van der Waals surface area (Å²) >= 11 is 12.1. The van der Waals surface area contributed by atoms with Crippen molar-refractivity contribution in [2.24, 2.45) is 0 Å². The third-order valence-electron chi connectivity index (χ3n) is 5.48. The number of barbiturate groups is 1. The number of benzene rings is 3. The average molecular weight is 555 g/mol. The van der Waals surface area contributed by atoms with Gasteiger partial charge in [0.25, 0.3) is 11.8 Å². The molecule has 3 aromatic carbocycles. The molecular formula is C28H24Cl2N2O6. The lowest BCUT2D eigenvalue weighted by atomic mass is 10.1. The number of nitrogens with one attached hydrogen (secondary N) is 1. The lowest BCUT2D eigenvalue weighted by Gasteiger charge is -2.26. The molecule has 1 aliphatic heterocycles. The van der Waals surface area contributed by atoms with Crippen molar-refractivity contribution >= 4 is 52.8 Å². The van der Waals surface area contributed by atoms with Gasteiger partial charge in [-0.3, -0.25) is 14.9 Å². The summed E-state index contributed by atoms with van der Waals surface area (Å²) < 4.78 is 16.9. The predicted molar refractivity (Wildman–Crippen MR) is 145 cm³/mol. The molecule has 1 N–H and O–H groups in total. The number of carbonyl (C=O) groups is 3. The molecule has 1 fully saturated rings. The highest BCUT2D eigenvalue weighted by molar-refractivity contribution is 6.39. The zero-order valence-corrected chi connectivity index (χ0v) is 22.1. The lowest BCUT2D eigenvalue weighted by molar-refractivity contribution is -0.122. The van der Waals surface area contributed by atoms with Crippen LogP contribution in [-0.2, 0) is 16.2 Å². The number of imide groups is 2. The Balaban J connectivity index is 1.54. The maximum atomic E-state index is 13.3. The van der Waals surface area contributed by atoms with Gasteiger partial charge < -0.3 is 14.2 Å². The van der Waals surface area contributed by atoms with Gasteiger partial charge in [0, 0.05) is 15.6 Å². The Labute approximate surface area is 229 Å². The van der Waals surface area contributed by atoms with Crippen LogP contribution < -0.4 is 24.4 Å². The molecule has 0 spiro atoms. The molecule has 1 aliphatic rings. The monoisotopic (exact) mass is 554 g/mol. The third kappa shape index (κ3) is 6.10. The molecule has 0 bridgehead atoms. The van der Waals surface area contributed by atoms with Gasteiger partial charge in [0.15, 0.2) is 11.5 Å². The number of hydrogen-bond donors (Lipinski definition) is 1. The first-order valence-electron chi connectivity index (χ1n) is 11.8. The van der Waals surface area contributed by atoms with Gasteiger partial charge in [-0.05, 0) is 74.0 Å². The van der Waals surface area contributed by atoms with Gasteiger partial charge in [-0.1, -0.05) is 35.3 Å². The van der Waals surface area contributed by atoms with Crippen LogP contribution in [0.25, 0.3) is 6.08 Å². The summed E-state index contributed by atoms with van der Waals surface area (Å²) in [6.45, 7) is 4.76. The molecule has 8 nitrogen and oxygen atoms in total. The zero-order chi connectivity index (χ0) is 27.2. The number of nitrogens with zero attached hydrogens (tertiary/aromatic N) is 1. The zero-order valence-electron chi connectivity index (χ0n) is 20.6. The van der Waals surface area contributed by atoms with Gasteiger partial charge in [-0.25, -0.2) is 9.69 Å². The number of amides is 4. The van der Waals surface area contributed by atoms with Crippen molar-refractivity contribution in [2.45, 2.75) is 20.5 Å². The van der Waals surface area contributed by atoms with E-state index in [1.807, 2.05) is 13.8 Å². The van der Waals surface area contributed by atoms with E-state index in [2.05, 4.69) is 5.32 Å². The first kappa shape index (κ1) is 27.0. The molecule has 4 amide bonds. The summed E-state index contributed by atoms with van der Waals surface area (Å²) in [4.78, 5) is 39.3. The average Bonchev–Trinajstić information content (AvgIpc) is 2.88. The normalized spacial score (nSPS) is 14.5. The molecule has 0 unspecified atom stereocenters. The summed E-state index contributed by atoms with van der Waals surface area (Å²) in [6.07, 6.45) is 1.41. The van der Waals surface area contributed by atoms with E-state index < -0.39 is 17.8 Å². The number of rotatable bonds is 9. The quantitative estimate of drug-likeness (QED) is 0.256.